The number of ether oxygens (including phenoxy) is 5. The molecule has 0 aliphatic carbocycles. The summed E-state index contributed by atoms with van der Waals surface area (Å²) in [7, 11) is 1.44. The lowest BCUT2D eigenvalue weighted by Gasteiger charge is -2.38. The Hall–Kier alpha value is -5.16. The van der Waals surface area contributed by atoms with Gasteiger partial charge in [-0.1, -0.05) is 72.6 Å². The monoisotopic (exact) mass is 909 g/mol. The molecule has 2 amide bonds. The van der Waals surface area contributed by atoms with Crippen molar-refractivity contribution in [3.8, 4) is 23.0 Å². The van der Waals surface area contributed by atoms with E-state index in [1.54, 1.807) is 51.8 Å². The summed E-state index contributed by atoms with van der Waals surface area (Å²) in [5.74, 6) is -8.05. The van der Waals surface area contributed by atoms with Crippen LogP contribution in [0.5, 0.6) is 23.0 Å². The number of nitrogens with one attached hydrogen (secondary N) is 1. The molecular weight excluding hydrogens is 839 g/mol. The number of rotatable bonds is 13. The molecular formula is C49H71N3O13. The number of methoxy groups -OCH3 is 1. The van der Waals surface area contributed by atoms with Crippen molar-refractivity contribution >= 4 is 40.0 Å². The maximum Gasteiger partial charge on any atom is 0.312 e. The van der Waals surface area contributed by atoms with Crippen molar-refractivity contribution in [2.24, 2.45) is 23.7 Å². The molecule has 0 aromatic heterocycles. The molecule has 9 unspecified atom stereocenters. The zero-order valence-corrected chi connectivity index (χ0v) is 40.1. The molecule has 0 saturated heterocycles. The van der Waals surface area contributed by atoms with Gasteiger partial charge in [0.2, 0.25) is 0 Å². The summed E-state index contributed by atoms with van der Waals surface area (Å²) in [6, 6.07) is 1.29. The maximum absolute atomic E-state index is 14.7. The van der Waals surface area contributed by atoms with Crippen LogP contribution in [-0.2, 0) is 28.6 Å². The second-order valence-corrected chi connectivity index (χ2v) is 17.5. The van der Waals surface area contributed by atoms with E-state index < -0.39 is 89.6 Å². The lowest BCUT2D eigenvalue weighted by Crippen LogP contribution is -2.49. The topological polar surface area (TPSA) is 214 Å². The van der Waals surface area contributed by atoms with Crippen molar-refractivity contribution in [2.45, 2.75) is 132 Å². The van der Waals surface area contributed by atoms with Crippen LogP contribution < -0.4 is 14.8 Å². The summed E-state index contributed by atoms with van der Waals surface area (Å²) >= 11 is 0. The molecule has 0 fully saturated rings. The number of unbranched alkanes of at least 4 members (excludes halogenated alkanes) is 2. The number of hydrogen-bond acceptors (Lipinski definition) is 14. The first-order valence-electron chi connectivity index (χ1n) is 22.7. The number of anilines is 1. The quantitative estimate of drug-likeness (QED) is 0.0771. The van der Waals surface area contributed by atoms with Gasteiger partial charge in [-0.25, -0.2) is 5.01 Å². The fourth-order valence-corrected chi connectivity index (χ4v) is 8.53. The van der Waals surface area contributed by atoms with E-state index in [4.69, 9.17) is 23.7 Å². The molecule has 16 heteroatoms. The summed E-state index contributed by atoms with van der Waals surface area (Å²) < 4.78 is 30.1. The maximum atomic E-state index is 14.7. The largest absolute Gasteiger partial charge is 0.507 e. The number of hydrazine groups is 1. The average Bonchev–Trinajstić information content (AvgIpc) is 3.54. The Morgan fingerprint density at radius 1 is 0.908 bits per heavy atom. The Kier molecular flexibility index (Phi) is 18.4. The van der Waals surface area contributed by atoms with Gasteiger partial charge in [0.1, 0.15) is 23.4 Å². The number of carbonyl (C=O) groups excluding carboxylic acids is 4. The van der Waals surface area contributed by atoms with Crippen LogP contribution in [0.3, 0.4) is 0 Å². The van der Waals surface area contributed by atoms with E-state index in [0.717, 1.165) is 25.7 Å². The highest BCUT2D eigenvalue weighted by Gasteiger charge is 2.50. The second-order valence-electron chi connectivity index (χ2n) is 17.5. The van der Waals surface area contributed by atoms with E-state index in [-0.39, 0.29) is 50.6 Å². The highest BCUT2D eigenvalue weighted by Crippen LogP contribution is 2.54. The van der Waals surface area contributed by atoms with Crippen molar-refractivity contribution in [3.05, 3.63) is 53.3 Å². The van der Waals surface area contributed by atoms with Gasteiger partial charge in [0.15, 0.2) is 12.4 Å². The van der Waals surface area contributed by atoms with Gasteiger partial charge in [-0.15, -0.1) is 0 Å². The molecule has 5 rings (SSSR count). The number of benzene rings is 2. The summed E-state index contributed by atoms with van der Waals surface area (Å²) in [5, 5.41) is 52.6. The van der Waals surface area contributed by atoms with Crippen LogP contribution in [0.15, 0.2) is 42.2 Å². The molecule has 65 heavy (non-hydrogen) atoms. The van der Waals surface area contributed by atoms with Crippen LogP contribution in [0.25, 0.3) is 10.8 Å². The minimum Gasteiger partial charge on any atom is -0.507 e. The molecule has 3 aliphatic heterocycles. The SMILES string of the molecule is CCCCN(CCCC)N(CC)C(=O)COc1cc2c(O)c3c(O)c(C)c4c(c13)C(=O)C(C)(O/C=C/C(OC)C(C)C(OC(C)=O)C(C)C(O)C(C)C(O)C(C)/C=C/C=C(/C)C(=O)N2)O4. The molecule has 3 heterocycles. The number of hydrogen-bond donors (Lipinski definition) is 5. The molecule has 5 N–H and O–H groups in total. The number of carbonyl (C=O) groups is 4. The minimum absolute atomic E-state index is 0.0558. The summed E-state index contributed by atoms with van der Waals surface area (Å²) in [5.41, 5.74) is -0.00224. The number of nitrogens with zero attached hydrogens (tertiary/aromatic N) is 2. The van der Waals surface area contributed by atoms with E-state index in [0.29, 0.717) is 19.6 Å². The lowest BCUT2D eigenvalue weighted by molar-refractivity contribution is -0.160. The number of fused-ring (bicyclic) bond motifs is 14. The third-order valence-electron chi connectivity index (χ3n) is 12.6. The number of aliphatic hydroxyl groups is 2. The highest BCUT2D eigenvalue weighted by molar-refractivity contribution is 6.21. The number of esters is 1. The molecule has 0 spiro atoms. The third-order valence-corrected chi connectivity index (χ3v) is 12.6. The van der Waals surface area contributed by atoms with Crippen LogP contribution >= 0.6 is 0 Å². The minimum atomic E-state index is -2.04. The van der Waals surface area contributed by atoms with E-state index in [1.165, 1.54) is 52.4 Å². The normalized spacial score (nSPS) is 28.3. The van der Waals surface area contributed by atoms with Gasteiger partial charge in [0, 0.05) is 86.9 Å². The molecule has 9 atom stereocenters. The highest BCUT2D eigenvalue weighted by atomic mass is 16.7. The number of aliphatic hydroxyl groups excluding tert-OH is 2. The van der Waals surface area contributed by atoms with Gasteiger partial charge >= 0.3 is 11.8 Å². The van der Waals surface area contributed by atoms with Crippen LogP contribution in [-0.4, -0.2) is 118 Å². The van der Waals surface area contributed by atoms with E-state index in [2.05, 4.69) is 19.2 Å². The molecule has 0 saturated carbocycles. The average molecular weight is 910 g/mol. The predicted molar refractivity (Wildman–Crippen MR) is 246 cm³/mol. The van der Waals surface area contributed by atoms with Crippen molar-refractivity contribution < 1.29 is 63.3 Å². The van der Waals surface area contributed by atoms with Crippen LogP contribution in [0.1, 0.15) is 111 Å². The third kappa shape index (κ3) is 11.6. The number of amides is 2. The number of aromatic hydroxyl groups is 2. The Morgan fingerprint density at radius 3 is 2.14 bits per heavy atom. The van der Waals surface area contributed by atoms with Crippen LogP contribution in [0.4, 0.5) is 5.69 Å². The first-order chi connectivity index (χ1) is 30.7. The number of ketones is 1. The number of phenolic OH excluding ortho intramolecular Hbond substituents is 2. The lowest BCUT2D eigenvalue weighted by atomic mass is 9.78. The fourth-order valence-electron chi connectivity index (χ4n) is 8.53. The zero-order valence-electron chi connectivity index (χ0n) is 40.1. The molecule has 360 valence electrons. The fraction of sp³-hybridized carbons (Fsp3) is 0.592. The van der Waals surface area contributed by atoms with Gasteiger partial charge in [-0.3, -0.25) is 24.2 Å². The molecule has 2 aromatic rings. The Morgan fingerprint density at radius 2 is 1.55 bits per heavy atom. The van der Waals surface area contributed by atoms with Gasteiger partial charge in [0.05, 0.1) is 41.2 Å². The standard InChI is InChI=1S/C49H71N3O13/c1-13-16-22-51(23-17-14-2)52(15-3)37(54)26-62-36-25-34-44(58)39-38(36)40-46(32(9)43(39)57)65-49(11,47(40)59)63-24-21-35(61-12)29(6)45(64-33(10)53)31(8)42(56)30(7)41(55)27(4)19-18-20-28(5)48(60)50-34/h18-21,24-25,27,29-31,35,41-42,45,55-58H,13-17,22-23,26H2,1-12H3,(H,50,60)/b19-18+,24-21+,28-20-. The van der Waals surface area contributed by atoms with Crippen LogP contribution in [0.2, 0.25) is 0 Å². The summed E-state index contributed by atoms with van der Waals surface area (Å²) in [4.78, 5) is 54.8. The van der Waals surface area contributed by atoms with Crippen molar-refractivity contribution in [1.82, 2.24) is 10.0 Å². The molecule has 5 bridgehead atoms. The first-order valence-corrected chi connectivity index (χ1v) is 22.7. The van der Waals surface area contributed by atoms with Crippen molar-refractivity contribution in [3.63, 3.8) is 0 Å². The molecule has 0 radical (unpaired) electrons. The van der Waals surface area contributed by atoms with E-state index >= 15 is 0 Å². The Balaban J connectivity index is 1.92. The summed E-state index contributed by atoms with van der Waals surface area (Å²) in [6.45, 7) is 19.8. The van der Waals surface area contributed by atoms with Gasteiger partial charge in [-0.2, -0.15) is 0 Å². The first kappa shape index (κ1) is 52.5. The number of allylic oxidation sites excluding steroid dienone is 2. The molecule has 2 aromatic carbocycles. The predicted octanol–water partition coefficient (Wildman–Crippen LogP) is 7.09. The number of Topliss-reactive ketones (excluding diaryl/α,β-unsaturated/α-hetero) is 1. The smallest absolute Gasteiger partial charge is 0.312 e. The molecule has 3 aliphatic rings. The van der Waals surface area contributed by atoms with Crippen LogP contribution in [0, 0.1) is 30.6 Å². The van der Waals surface area contributed by atoms with E-state index in [9.17, 15) is 39.6 Å². The number of likely N-dealkylation sites (N-methyl/N-ethyl adjacent to an activating group) is 1. The Labute approximate surface area is 383 Å². The van der Waals surface area contributed by atoms with Crippen molar-refractivity contribution in [1.29, 1.82) is 0 Å². The second kappa shape index (κ2) is 22.8. The Bertz CT molecular complexity index is 2130. The zero-order chi connectivity index (χ0) is 48.5. The number of phenols is 2. The van der Waals surface area contributed by atoms with Crippen molar-refractivity contribution in [2.75, 3.05) is 38.7 Å². The summed E-state index contributed by atoms with van der Waals surface area (Å²) in [6.07, 6.45) is 7.23. The molecule has 16 nitrogen and oxygen atoms in total. The van der Waals surface area contributed by atoms with E-state index in [1.807, 2.05) is 11.9 Å². The van der Waals surface area contributed by atoms with Gasteiger partial charge in [-0.05, 0) is 39.7 Å². The van der Waals surface area contributed by atoms with Gasteiger partial charge < -0.3 is 49.4 Å². The van der Waals surface area contributed by atoms with Gasteiger partial charge in [0.25, 0.3) is 17.6 Å².